The number of nitrogens with one attached hydrogen (secondary N) is 2. The highest BCUT2D eigenvalue weighted by molar-refractivity contribution is 7.91. The van der Waals surface area contributed by atoms with Crippen LogP contribution in [0.15, 0.2) is 18.2 Å². The SMILES string of the molecule is COc1ccc(NC(C)=O)cc1C(=O)NC1CCS(=O)(=O)C1. The quantitative estimate of drug-likeness (QED) is 0.842. The monoisotopic (exact) mass is 326 g/mol. The molecule has 1 aliphatic rings. The van der Waals surface area contributed by atoms with E-state index in [0.717, 1.165) is 0 Å². The number of carbonyl (C=O) groups is 2. The van der Waals surface area contributed by atoms with Crippen molar-refractivity contribution < 1.29 is 22.7 Å². The van der Waals surface area contributed by atoms with Crippen molar-refractivity contribution in [3.8, 4) is 5.75 Å². The molecule has 0 radical (unpaired) electrons. The smallest absolute Gasteiger partial charge is 0.255 e. The Labute approximate surface area is 129 Å². The molecule has 7 nitrogen and oxygen atoms in total. The third-order valence-corrected chi connectivity index (χ3v) is 5.10. The van der Waals surface area contributed by atoms with E-state index >= 15 is 0 Å². The largest absolute Gasteiger partial charge is 0.496 e. The molecule has 0 bridgehead atoms. The maximum absolute atomic E-state index is 12.3. The summed E-state index contributed by atoms with van der Waals surface area (Å²) in [5.41, 5.74) is 0.718. The fourth-order valence-electron chi connectivity index (χ4n) is 2.34. The molecule has 0 spiro atoms. The van der Waals surface area contributed by atoms with E-state index in [0.29, 0.717) is 17.9 Å². The van der Waals surface area contributed by atoms with Gasteiger partial charge in [0.2, 0.25) is 5.91 Å². The third kappa shape index (κ3) is 3.97. The van der Waals surface area contributed by atoms with Crippen LogP contribution < -0.4 is 15.4 Å². The van der Waals surface area contributed by atoms with Crippen LogP contribution in [0.1, 0.15) is 23.7 Å². The number of benzene rings is 1. The van der Waals surface area contributed by atoms with Gasteiger partial charge in [-0.3, -0.25) is 9.59 Å². The van der Waals surface area contributed by atoms with Gasteiger partial charge in [0.15, 0.2) is 9.84 Å². The summed E-state index contributed by atoms with van der Waals surface area (Å²) in [6, 6.07) is 4.30. The van der Waals surface area contributed by atoms with E-state index in [1.165, 1.54) is 20.1 Å². The molecule has 8 heteroatoms. The van der Waals surface area contributed by atoms with Crippen molar-refractivity contribution in [2.45, 2.75) is 19.4 Å². The van der Waals surface area contributed by atoms with Crippen molar-refractivity contribution in [1.29, 1.82) is 0 Å². The lowest BCUT2D eigenvalue weighted by Gasteiger charge is -2.14. The number of sulfone groups is 1. The molecular weight excluding hydrogens is 308 g/mol. The van der Waals surface area contributed by atoms with Crippen LogP contribution in [0.3, 0.4) is 0 Å². The first-order valence-corrected chi connectivity index (χ1v) is 8.60. The summed E-state index contributed by atoms with van der Waals surface area (Å²) in [6.07, 6.45) is 0.405. The molecular formula is C14H18N2O5S. The fourth-order valence-corrected chi connectivity index (χ4v) is 4.01. The van der Waals surface area contributed by atoms with Crippen LogP contribution in [-0.4, -0.2) is 44.9 Å². The van der Waals surface area contributed by atoms with E-state index in [4.69, 9.17) is 4.74 Å². The lowest BCUT2D eigenvalue weighted by Crippen LogP contribution is -2.35. The van der Waals surface area contributed by atoms with Gasteiger partial charge in [0, 0.05) is 18.7 Å². The molecule has 1 atom stereocenters. The number of carbonyl (C=O) groups excluding carboxylic acids is 2. The van der Waals surface area contributed by atoms with E-state index in [-0.39, 0.29) is 23.0 Å². The molecule has 0 aromatic heterocycles. The summed E-state index contributed by atoms with van der Waals surface area (Å²) < 4.78 is 28.0. The minimum Gasteiger partial charge on any atom is -0.496 e. The molecule has 1 heterocycles. The normalized spacial score (nSPS) is 19.5. The number of amides is 2. The number of hydrogen-bond acceptors (Lipinski definition) is 5. The Morgan fingerprint density at radius 1 is 1.32 bits per heavy atom. The third-order valence-electron chi connectivity index (χ3n) is 3.33. The molecule has 1 fully saturated rings. The number of ether oxygens (including phenoxy) is 1. The highest BCUT2D eigenvalue weighted by Gasteiger charge is 2.29. The Morgan fingerprint density at radius 2 is 2.05 bits per heavy atom. The molecule has 1 unspecified atom stereocenters. The molecule has 120 valence electrons. The van der Waals surface area contributed by atoms with Gasteiger partial charge < -0.3 is 15.4 Å². The summed E-state index contributed by atoms with van der Waals surface area (Å²) in [4.78, 5) is 23.4. The van der Waals surface area contributed by atoms with Gasteiger partial charge >= 0.3 is 0 Å². The van der Waals surface area contributed by atoms with Crippen molar-refractivity contribution in [2.75, 3.05) is 23.9 Å². The van der Waals surface area contributed by atoms with Crippen molar-refractivity contribution in [2.24, 2.45) is 0 Å². The highest BCUT2D eigenvalue weighted by atomic mass is 32.2. The van der Waals surface area contributed by atoms with Crippen LogP contribution in [-0.2, 0) is 14.6 Å². The van der Waals surface area contributed by atoms with Gasteiger partial charge in [-0.2, -0.15) is 0 Å². The first-order chi connectivity index (χ1) is 10.3. The second-order valence-electron chi connectivity index (χ2n) is 5.17. The van der Waals surface area contributed by atoms with E-state index in [2.05, 4.69) is 10.6 Å². The average molecular weight is 326 g/mol. The number of rotatable bonds is 4. The summed E-state index contributed by atoms with van der Waals surface area (Å²) in [5, 5.41) is 5.28. The van der Waals surface area contributed by atoms with Crippen molar-refractivity contribution in [3.63, 3.8) is 0 Å². The molecule has 1 aliphatic heterocycles. The molecule has 1 aromatic carbocycles. The molecule has 2 N–H and O–H groups in total. The average Bonchev–Trinajstić information content (AvgIpc) is 2.77. The minimum absolute atomic E-state index is 0.0492. The van der Waals surface area contributed by atoms with E-state index in [1.807, 2.05) is 0 Å². The molecule has 2 rings (SSSR count). The number of hydrogen-bond donors (Lipinski definition) is 2. The van der Waals surface area contributed by atoms with Gasteiger partial charge in [-0.05, 0) is 24.6 Å². The summed E-state index contributed by atoms with van der Waals surface area (Å²) in [5.74, 6) is -0.287. The number of anilines is 1. The second kappa shape index (κ2) is 6.35. The number of methoxy groups -OCH3 is 1. The second-order valence-corrected chi connectivity index (χ2v) is 7.40. The Balaban J connectivity index is 2.18. The van der Waals surface area contributed by atoms with E-state index in [1.54, 1.807) is 12.1 Å². The topological polar surface area (TPSA) is 102 Å². The van der Waals surface area contributed by atoms with Gasteiger partial charge in [-0.15, -0.1) is 0 Å². The Bertz CT molecular complexity index is 699. The van der Waals surface area contributed by atoms with Gasteiger partial charge in [-0.1, -0.05) is 0 Å². The highest BCUT2D eigenvalue weighted by Crippen LogP contribution is 2.23. The predicted octanol–water partition coefficient (Wildman–Crippen LogP) is 0.570. The van der Waals surface area contributed by atoms with E-state index < -0.39 is 21.8 Å². The zero-order chi connectivity index (χ0) is 16.3. The Hall–Kier alpha value is -2.09. The Morgan fingerprint density at radius 3 is 2.59 bits per heavy atom. The predicted molar refractivity (Wildman–Crippen MR) is 81.8 cm³/mol. The maximum atomic E-state index is 12.3. The zero-order valence-corrected chi connectivity index (χ0v) is 13.2. The van der Waals surface area contributed by atoms with E-state index in [9.17, 15) is 18.0 Å². The van der Waals surface area contributed by atoms with Crippen LogP contribution in [0, 0.1) is 0 Å². The molecule has 22 heavy (non-hydrogen) atoms. The van der Waals surface area contributed by atoms with Gasteiger partial charge in [0.05, 0.1) is 24.2 Å². The summed E-state index contributed by atoms with van der Waals surface area (Å²) in [7, 11) is -1.63. The van der Waals surface area contributed by atoms with Crippen molar-refractivity contribution in [1.82, 2.24) is 5.32 Å². The lowest BCUT2D eigenvalue weighted by molar-refractivity contribution is -0.114. The first-order valence-electron chi connectivity index (χ1n) is 6.77. The standard InChI is InChI=1S/C14H18N2O5S/c1-9(17)15-10-3-4-13(21-2)12(7-10)14(18)16-11-5-6-22(19,20)8-11/h3-4,7,11H,5-6,8H2,1-2H3,(H,15,17)(H,16,18). The van der Waals surface area contributed by atoms with Crippen LogP contribution in [0.5, 0.6) is 5.75 Å². The first kappa shape index (κ1) is 16.3. The van der Waals surface area contributed by atoms with Gasteiger partial charge in [0.1, 0.15) is 5.75 Å². The Kier molecular flexibility index (Phi) is 4.70. The lowest BCUT2D eigenvalue weighted by atomic mass is 10.1. The van der Waals surface area contributed by atoms with Crippen molar-refractivity contribution >= 4 is 27.3 Å². The summed E-state index contributed by atoms with van der Waals surface area (Å²) in [6.45, 7) is 1.37. The fraction of sp³-hybridized carbons (Fsp3) is 0.429. The molecule has 0 aliphatic carbocycles. The zero-order valence-electron chi connectivity index (χ0n) is 12.4. The minimum atomic E-state index is -3.07. The van der Waals surface area contributed by atoms with Crippen molar-refractivity contribution in [3.05, 3.63) is 23.8 Å². The molecule has 1 aromatic rings. The van der Waals surface area contributed by atoms with Gasteiger partial charge in [-0.25, -0.2) is 8.42 Å². The van der Waals surface area contributed by atoms with Gasteiger partial charge in [0.25, 0.3) is 5.91 Å². The molecule has 2 amide bonds. The summed E-state index contributed by atoms with van der Waals surface area (Å²) >= 11 is 0. The van der Waals surface area contributed by atoms with Crippen LogP contribution in [0.2, 0.25) is 0 Å². The maximum Gasteiger partial charge on any atom is 0.255 e. The molecule has 1 saturated heterocycles. The van der Waals surface area contributed by atoms with Crippen LogP contribution >= 0.6 is 0 Å². The van der Waals surface area contributed by atoms with Crippen LogP contribution in [0.4, 0.5) is 5.69 Å². The van der Waals surface area contributed by atoms with Crippen LogP contribution in [0.25, 0.3) is 0 Å². The molecule has 0 saturated carbocycles.